The van der Waals surface area contributed by atoms with Crippen LogP contribution < -0.4 is 0 Å². The smallest absolute Gasteiger partial charge is 0.354 e. The van der Waals surface area contributed by atoms with Gasteiger partial charge in [0.15, 0.2) is 5.69 Å². The molecule has 0 fully saturated rings. The third-order valence-electron chi connectivity index (χ3n) is 1.82. The number of carboxylic acid groups (broad SMARTS) is 1. The minimum absolute atomic E-state index is 0.0486. The molecule has 0 aliphatic heterocycles. The van der Waals surface area contributed by atoms with Crippen LogP contribution in [0.5, 0.6) is 0 Å². The maximum atomic E-state index is 10.8. The number of benzene rings is 1. The van der Waals surface area contributed by atoms with Gasteiger partial charge in [-0.1, -0.05) is 23.2 Å². The van der Waals surface area contributed by atoms with Gasteiger partial charge in [0.05, 0.1) is 15.4 Å². The molecule has 0 radical (unpaired) electrons. The number of carboxylic acids is 1. The summed E-state index contributed by atoms with van der Waals surface area (Å²) >= 11 is 11.7. The zero-order valence-corrected chi connectivity index (χ0v) is 8.23. The Labute approximate surface area is 88.4 Å². The largest absolute Gasteiger partial charge is 0.477 e. The average Bonchev–Trinajstić information content (AvgIpc) is 2.56. The van der Waals surface area contributed by atoms with E-state index in [-0.39, 0.29) is 5.69 Å². The van der Waals surface area contributed by atoms with Crippen molar-refractivity contribution in [2.75, 3.05) is 0 Å². The van der Waals surface area contributed by atoms with Crippen molar-refractivity contribution in [2.45, 2.75) is 0 Å². The van der Waals surface area contributed by atoms with Crippen LogP contribution in [-0.4, -0.2) is 21.3 Å². The van der Waals surface area contributed by atoms with Gasteiger partial charge in [-0.2, -0.15) is 5.10 Å². The summed E-state index contributed by atoms with van der Waals surface area (Å²) in [6.45, 7) is 0. The molecular formula is C8H4Cl2N2O2. The Morgan fingerprint density at radius 2 is 2.00 bits per heavy atom. The maximum Gasteiger partial charge on any atom is 0.354 e. The fourth-order valence-corrected chi connectivity index (χ4v) is 1.66. The van der Waals surface area contributed by atoms with Gasteiger partial charge in [-0.25, -0.2) is 4.79 Å². The summed E-state index contributed by atoms with van der Waals surface area (Å²) in [6.07, 6.45) is 0. The lowest BCUT2D eigenvalue weighted by molar-refractivity contribution is 0.0692. The van der Waals surface area contributed by atoms with E-state index in [0.717, 1.165) is 0 Å². The fraction of sp³-hybridized carbons (Fsp3) is 0. The van der Waals surface area contributed by atoms with Crippen molar-refractivity contribution in [2.24, 2.45) is 0 Å². The normalized spacial score (nSPS) is 10.7. The van der Waals surface area contributed by atoms with Gasteiger partial charge in [-0.05, 0) is 12.1 Å². The molecule has 0 bridgehead atoms. The fourth-order valence-electron chi connectivity index (χ4n) is 1.21. The molecule has 0 spiro atoms. The van der Waals surface area contributed by atoms with Crippen molar-refractivity contribution in [1.29, 1.82) is 0 Å². The number of aromatic nitrogens is 2. The van der Waals surface area contributed by atoms with E-state index < -0.39 is 5.97 Å². The molecule has 1 aromatic carbocycles. The van der Waals surface area contributed by atoms with Gasteiger partial charge in [0, 0.05) is 0 Å². The summed E-state index contributed by atoms with van der Waals surface area (Å²) < 4.78 is 0. The van der Waals surface area contributed by atoms with Gasteiger partial charge >= 0.3 is 5.97 Å². The highest BCUT2D eigenvalue weighted by molar-refractivity contribution is 6.40. The number of H-pyrrole nitrogens is 1. The molecule has 72 valence electrons. The number of hydrogen-bond donors (Lipinski definition) is 2. The first-order valence-electron chi connectivity index (χ1n) is 3.66. The second-order valence-corrected chi connectivity index (χ2v) is 3.47. The molecular weight excluding hydrogens is 227 g/mol. The first-order valence-corrected chi connectivity index (χ1v) is 4.42. The highest BCUT2D eigenvalue weighted by Gasteiger charge is 2.16. The lowest BCUT2D eigenvalue weighted by Gasteiger charge is -1.95. The summed E-state index contributed by atoms with van der Waals surface area (Å²) in [5.74, 6) is -1.11. The van der Waals surface area contributed by atoms with Gasteiger partial charge in [-0.3, -0.25) is 5.10 Å². The van der Waals surface area contributed by atoms with Gasteiger partial charge in [-0.15, -0.1) is 0 Å². The first-order chi connectivity index (χ1) is 6.61. The quantitative estimate of drug-likeness (QED) is 0.792. The van der Waals surface area contributed by atoms with E-state index in [9.17, 15) is 4.79 Å². The van der Waals surface area contributed by atoms with Crippen LogP contribution in [0, 0.1) is 0 Å². The Morgan fingerprint density at radius 3 is 2.64 bits per heavy atom. The van der Waals surface area contributed by atoms with Crippen molar-refractivity contribution in [3.8, 4) is 0 Å². The molecule has 4 nitrogen and oxygen atoms in total. The molecule has 2 rings (SSSR count). The number of fused-ring (bicyclic) bond motifs is 1. The Morgan fingerprint density at radius 1 is 1.36 bits per heavy atom. The van der Waals surface area contributed by atoms with Crippen LogP contribution in [-0.2, 0) is 0 Å². The Bertz CT molecular complexity index is 521. The van der Waals surface area contributed by atoms with Gasteiger partial charge in [0.25, 0.3) is 0 Å². The lowest BCUT2D eigenvalue weighted by Crippen LogP contribution is -1.96. The predicted octanol–water partition coefficient (Wildman–Crippen LogP) is 2.57. The molecule has 0 atom stereocenters. The van der Waals surface area contributed by atoms with Crippen molar-refractivity contribution in [3.63, 3.8) is 0 Å². The number of hydrogen-bond acceptors (Lipinski definition) is 2. The summed E-state index contributed by atoms with van der Waals surface area (Å²) in [4.78, 5) is 10.8. The molecule has 6 heteroatoms. The molecule has 0 aliphatic rings. The van der Waals surface area contributed by atoms with E-state index in [1.807, 2.05) is 0 Å². The van der Waals surface area contributed by atoms with E-state index in [1.54, 1.807) is 6.07 Å². The lowest BCUT2D eigenvalue weighted by atomic mass is 10.2. The molecule has 2 aromatic rings. The standard InChI is InChI=1S/C8H4Cl2N2O2/c9-3-1-2-4(10)6-5(3)7(8(13)14)12-11-6/h1-2H,(H,11,12)(H,13,14). The van der Waals surface area contributed by atoms with Crippen LogP contribution in [0.3, 0.4) is 0 Å². The maximum absolute atomic E-state index is 10.8. The molecule has 0 saturated carbocycles. The molecule has 1 aromatic heterocycles. The SMILES string of the molecule is O=C(O)c1[nH]nc2c(Cl)ccc(Cl)c12. The van der Waals surface area contributed by atoms with Crippen molar-refractivity contribution in [3.05, 3.63) is 27.9 Å². The summed E-state index contributed by atoms with van der Waals surface area (Å²) in [6, 6.07) is 3.10. The molecule has 0 aliphatic carbocycles. The third kappa shape index (κ3) is 1.23. The zero-order valence-electron chi connectivity index (χ0n) is 6.71. The zero-order chi connectivity index (χ0) is 10.3. The van der Waals surface area contributed by atoms with Gasteiger partial charge in [0.1, 0.15) is 5.52 Å². The van der Waals surface area contributed by atoms with E-state index in [2.05, 4.69) is 10.2 Å². The van der Waals surface area contributed by atoms with Crippen LogP contribution in [0.2, 0.25) is 10.0 Å². The second kappa shape index (κ2) is 3.15. The van der Waals surface area contributed by atoms with Crippen LogP contribution >= 0.6 is 23.2 Å². The highest BCUT2D eigenvalue weighted by Crippen LogP contribution is 2.30. The number of carbonyl (C=O) groups is 1. The third-order valence-corrected chi connectivity index (χ3v) is 2.44. The van der Waals surface area contributed by atoms with Crippen molar-refractivity contribution in [1.82, 2.24) is 10.2 Å². The van der Waals surface area contributed by atoms with Gasteiger partial charge < -0.3 is 5.11 Å². The number of aromatic carboxylic acids is 1. The van der Waals surface area contributed by atoms with Crippen LogP contribution in [0.15, 0.2) is 12.1 Å². The number of rotatable bonds is 1. The number of halogens is 2. The Kier molecular flexibility index (Phi) is 2.09. The summed E-state index contributed by atoms with van der Waals surface area (Å²) in [5, 5.41) is 16.0. The van der Waals surface area contributed by atoms with Crippen molar-refractivity contribution < 1.29 is 9.90 Å². The predicted molar refractivity (Wildman–Crippen MR) is 53.1 cm³/mol. The Hall–Kier alpha value is -1.26. The minimum atomic E-state index is -1.11. The van der Waals surface area contributed by atoms with E-state index in [4.69, 9.17) is 28.3 Å². The Balaban J connectivity index is 2.90. The molecule has 1 heterocycles. The summed E-state index contributed by atoms with van der Waals surface area (Å²) in [5.41, 5.74) is 0.323. The number of aromatic amines is 1. The highest BCUT2D eigenvalue weighted by atomic mass is 35.5. The monoisotopic (exact) mass is 230 g/mol. The molecule has 0 saturated heterocycles. The van der Waals surface area contributed by atoms with Crippen molar-refractivity contribution >= 4 is 40.1 Å². The topological polar surface area (TPSA) is 66.0 Å². The van der Waals surface area contributed by atoms with Crippen LogP contribution in [0.1, 0.15) is 10.5 Å². The van der Waals surface area contributed by atoms with E-state index in [0.29, 0.717) is 20.9 Å². The molecule has 0 unspecified atom stereocenters. The van der Waals surface area contributed by atoms with Gasteiger partial charge in [0.2, 0.25) is 0 Å². The van der Waals surface area contributed by atoms with E-state index >= 15 is 0 Å². The second-order valence-electron chi connectivity index (χ2n) is 2.66. The molecule has 14 heavy (non-hydrogen) atoms. The van der Waals surface area contributed by atoms with E-state index in [1.165, 1.54) is 6.07 Å². The number of nitrogens with zero attached hydrogens (tertiary/aromatic N) is 1. The number of nitrogens with one attached hydrogen (secondary N) is 1. The average molecular weight is 231 g/mol. The van der Waals surface area contributed by atoms with Crippen LogP contribution in [0.25, 0.3) is 10.9 Å². The molecule has 2 N–H and O–H groups in total. The summed E-state index contributed by atoms with van der Waals surface area (Å²) in [7, 11) is 0. The molecule has 0 amide bonds. The first kappa shape index (κ1) is 9.30. The minimum Gasteiger partial charge on any atom is -0.477 e. The van der Waals surface area contributed by atoms with Crippen LogP contribution in [0.4, 0.5) is 0 Å².